The number of rotatable bonds is 3. The van der Waals surface area contributed by atoms with E-state index in [1.807, 2.05) is 6.07 Å². The molecule has 4 rings (SSSR count). The number of ether oxygens (including phenoxy) is 1. The number of anilines is 1. The largest absolute Gasteiger partial charge is 0.496 e. The number of fused-ring (bicyclic) bond motifs is 1. The van der Waals surface area contributed by atoms with Gasteiger partial charge in [0.25, 0.3) is 0 Å². The third kappa shape index (κ3) is 2.36. The van der Waals surface area contributed by atoms with E-state index in [1.54, 1.807) is 25.4 Å². The standard InChI is InChI=1S/C17H17N3O3/c1-22-15-7-13-11(6-12(15)16-9-18-10-23-16)14(21)8-17(19-13)20-4-2-3-5-20/h6-10H,2-5H2,1H3,(H,19,21). The van der Waals surface area contributed by atoms with Crippen molar-refractivity contribution < 1.29 is 9.15 Å². The van der Waals surface area contributed by atoms with Crippen LogP contribution in [0.25, 0.3) is 22.2 Å². The van der Waals surface area contributed by atoms with Crippen molar-refractivity contribution in [3.63, 3.8) is 0 Å². The molecule has 1 N–H and O–H groups in total. The van der Waals surface area contributed by atoms with Crippen LogP contribution in [0.3, 0.4) is 0 Å². The molecular weight excluding hydrogens is 294 g/mol. The molecule has 6 heteroatoms. The van der Waals surface area contributed by atoms with Crippen molar-refractivity contribution in [2.24, 2.45) is 0 Å². The zero-order valence-electron chi connectivity index (χ0n) is 12.8. The molecule has 1 aliphatic rings. The van der Waals surface area contributed by atoms with Gasteiger partial charge >= 0.3 is 0 Å². The molecule has 0 bridgehead atoms. The van der Waals surface area contributed by atoms with Gasteiger partial charge in [-0.3, -0.25) is 4.79 Å². The summed E-state index contributed by atoms with van der Waals surface area (Å²) in [6, 6.07) is 5.31. The lowest BCUT2D eigenvalue weighted by Gasteiger charge is -2.18. The van der Waals surface area contributed by atoms with Gasteiger partial charge in [-0.15, -0.1) is 0 Å². The highest BCUT2D eigenvalue weighted by Gasteiger charge is 2.17. The Kier molecular flexibility index (Phi) is 3.29. The number of hydrogen-bond donors (Lipinski definition) is 1. The quantitative estimate of drug-likeness (QED) is 0.805. The van der Waals surface area contributed by atoms with Crippen LogP contribution in [0.15, 0.2) is 40.0 Å². The Balaban J connectivity index is 1.91. The molecule has 1 saturated heterocycles. The maximum Gasteiger partial charge on any atom is 0.191 e. The molecule has 0 saturated carbocycles. The summed E-state index contributed by atoms with van der Waals surface area (Å²) in [5.74, 6) is 2.09. The van der Waals surface area contributed by atoms with E-state index in [4.69, 9.17) is 9.15 Å². The number of aromatic amines is 1. The van der Waals surface area contributed by atoms with Gasteiger partial charge in [0.05, 0.1) is 24.4 Å². The third-order valence-electron chi connectivity index (χ3n) is 4.28. The number of oxazole rings is 1. The Morgan fingerprint density at radius 3 is 2.78 bits per heavy atom. The molecule has 0 atom stereocenters. The highest BCUT2D eigenvalue weighted by Crippen LogP contribution is 2.33. The highest BCUT2D eigenvalue weighted by molar-refractivity contribution is 5.88. The Morgan fingerprint density at radius 1 is 1.26 bits per heavy atom. The van der Waals surface area contributed by atoms with E-state index in [1.165, 1.54) is 6.39 Å². The highest BCUT2D eigenvalue weighted by atomic mass is 16.5. The Hall–Kier alpha value is -2.76. The van der Waals surface area contributed by atoms with Gasteiger partial charge in [-0.1, -0.05) is 0 Å². The summed E-state index contributed by atoms with van der Waals surface area (Å²) in [5.41, 5.74) is 1.47. The van der Waals surface area contributed by atoms with Gasteiger partial charge in [0, 0.05) is 30.6 Å². The van der Waals surface area contributed by atoms with E-state index in [0.29, 0.717) is 16.9 Å². The number of pyridine rings is 1. The summed E-state index contributed by atoms with van der Waals surface area (Å²) in [6.07, 6.45) is 5.29. The van der Waals surface area contributed by atoms with Crippen molar-refractivity contribution in [3.8, 4) is 17.1 Å². The second-order valence-electron chi connectivity index (χ2n) is 5.68. The van der Waals surface area contributed by atoms with Crippen LogP contribution in [0, 0.1) is 0 Å². The maximum absolute atomic E-state index is 12.5. The molecule has 3 aromatic rings. The average molecular weight is 311 g/mol. The van der Waals surface area contributed by atoms with Crippen molar-refractivity contribution >= 4 is 16.7 Å². The van der Waals surface area contributed by atoms with E-state index in [-0.39, 0.29) is 5.43 Å². The third-order valence-corrected chi connectivity index (χ3v) is 4.28. The fraction of sp³-hybridized carbons (Fsp3) is 0.294. The van der Waals surface area contributed by atoms with Crippen molar-refractivity contribution in [2.75, 3.05) is 25.1 Å². The summed E-state index contributed by atoms with van der Waals surface area (Å²) in [6.45, 7) is 1.96. The molecular formula is C17H17N3O3. The van der Waals surface area contributed by atoms with Crippen LogP contribution in [0.1, 0.15) is 12.8 Å². The summed E-state index contributed by atoms with van der Waals surface area (Å²) < 4.78 is 10.8. The first kappa shape index (κ1) is 13.9. The number of aromatic nitrogens is 2. The monoisotopic (exact) mass is 311 g/mol. The molecule has 6 nitrogen and oxygen atoms in total. The van der Waals surface area contributed by atoms with Crippen molar-refractivity contribution in [1.29, 1.82) is 0 Å². The smallest absolute Gasteiger partial charge is 0.191 e. The van der Waals surface area contributed by atoms with E-state index in [2.05, 4.69) is 14.9 Å². The molecule has 0 amide bonds. The van der Waals surface area contributed by atoms with Gasteiger partial charge in [-0.25, -0.2) is 4.98 Å². The van der Waals surface area contributed by atoms with Crippen molar-refractivity contribution in [1.82, 2.24) is 9.97 Å². The van der Waals surface area contributed by atoms with Crippen LogP contribution >= 0.6 is 0 Å². The minimum absolute atomic E-state index is 0.0101. The van der Waals surface area contributed by atoms with Gasteiger partial charge in [-0.05, 0) is 18.9 Å². The van der Waals surface area contributed by atoms with Gasteiger partial charge in [0.2, 0.25) is 0 Å². The number of benzene rings is 1. The fourth-order valence-corrected chi connectivity index (χ4v) is 3.10. The Labute approximate surface area is 132 Å². The molecule has 1 aromatic carbocycles. The van der Waals surface area contributed by atoms with Crippen LogP contribution in [-0.2, 0) is 0 Å². The summed E-state index contributed by atoms with van der Waals surface area (Å²) in [4.78, 5) is 22.0. The van der Waals surface area contributed by atoms with E-state index in [0.717, 1.165) is 42.8 Å². The fourth-order valence-electron chi connectivity index (χ4n) is 3.10. The molecule has 3 heterocycles. The SMILES string of the molecule is COc1cc2[nH]c(N3CCCC3)cc(=O)c2cc1-c1cnco1. The molecule has 0 unspecified atom stereocenters. The lowest BCUT2D eigenvalue weighted by atomic mass is 10.1. The number of H-pyrrole nitrogens is 1. The zero-order valence-corrected chi connectivity index (χ0v) is 12.8. The zero-order chi connectivity index (χ0) is 15.8. The molecule has 0 radical (unpaired) electrons. The van der Waals surface area contributed by atoms with Crippen LogP contribution < -0.4 is 15.1 Å². The van der Waals surface area contributed by atoms with Crippen LogP contribution in [-0.4, -0.2) is 30.2 Å². The molecule has 0 aliphatic carbocycles. The lowest BCUT2D eigenvalue weighted by Crippen LogP contribution is -2.21. The van der Waals surface area contributed by atoms with Gasteiger partial charge < -0.3 is 19.0 Å². The molecule has 0 spiro atoms. The van der Waals surface area contributed by atoms with Gasteiger partial charge in [0.1, 0.15) is 11.6 Å². The van der Waals surface area contributed by atoms with Gasteiger partial charge in [-0.2, -0.15) is 0 Å². The minimum Gasteiger partial charge on any atom is -0.496 e. The first-order chi connectivity index (χ1) is 11.3. The predicted molar refractivity (Wildman–Crippen MR) is 88.1 cm³/mol. The number of nitrogens with zero attached hydrogens (tertiary/aromatic N) is 2. The number of nitrogens with one attached hydrogen (secondary N) is 1. The van der Waals surface area contributed by atoms with Crippen LogP contribution in [0.4, 0.5) is 5.82 Å². The molecule has 2 aromatic heterocycles. The predicted octanol–water partition coefficient (Wildman–Crippen LogP) is 2.79. The number of hydrogen-bond acceptors (Lipinski definition) is 5. The van der Waals surface area contributed by atoms with Crippen molar-refractivity contribution in [2.45, 2.75) is 12.8 Å². The van der Waals surface area contributed by atoms with Crippen LogP contribution in [0.5, 0.6) is 5.75 Å². The second-order valence-corrected chi connectivity index (χ2v) is 5.68. The minimum atomic E-state index is -0.0101. The lowest BCUT2D eigenvalue weighted by molar-refractivity contribution is 0.415. The summed E-state index contributed by atoms with van der Waals surface area (Å²) in [5, 5.41) is 0.611. The van der Waals surface area contributed by atoms with E-state index >= 15 is 0 Å². The van der Waals surface area contributed by atoms with Gasteiger partial charge in [0.15, 0.2) is 17.6 Å². The normalized spacial score (nSPS) is 14.6. The molecule has 118 valence electrons. The van der Waals surface area contributed by atoms with Crippen molar-refractivity contribution in [3.05, 3.63) is 41.0 Å². The average Bonchev–Trinajstić information content (AvgIpc) is 3.27. The first-order valence-corrected chi connectivity index (χ1v) is 7.65. The van der Waals surface area contributed by atoms with E-state index < -0.39 is 0 Å². The summed E-state index contributed by atoms with van der Waals surface area (Å²) >= 11 is 0. The number of methoxy groups -OCH3 is 1. The molecule has 1 aliphatic heterocycles. The molecule has 1 fully saturated rings. The Morgan fingerprint density at radius 2 is 2.09 bits per heavy atom. The second kappa shape index (κ2) is 5.46. The molecule has 23 heavy (non-hydrogen) atoms. The van der Waals surface area contributed by atoms with Crippen LogP contribution in [0.2, 0.25) is 0 Å². The first-order valence-electron chi connectivity index (χ1n) is 7.65. The maximum atomic E-state index is 12.5. The summed E-state index contributed by atoms with van der Waals surface area (Å²) in [7, 11) is 1.60. The topological polar surface area (TPSA) is 71.4 Å². The van der Waals surface area contributed by atoms with E-state index in [9.17, 15) is 4.79 Å². The Bertz CT molecular complexity index is 893.